The van der Waals surface area contributed by atoms with E-state index in [0.717, 1.165) is 9.88 Å². The van der Waals surface area contributed by atoms with E-state index in [1.54, 1.807) is 11.3 Å². The van der Waals surface area contributed by atoms with Gasteiger partial charge in [0.1, 0.15) is 10.8 Å². The summed E-state index contributed by atoms with van der Waals surface area (Å²) < 4.78 is 0. The predicted octanol–water partition coefficient (Wildman–Crippen LogP) is 2.11. The first-order valence-electron chi connectivity index (χ1n) is 5.30. The number of nitrogens with one attached hydrogen (secondary N) is 1. The molecule has 94 valence electrons. The van der Waals surface area contributed by atoms with Crippen molar-refractivity contribution in [3.05, 3.63) is 34.2 Å². The van der Waals surface area contributed by atoms with E-state index in [0.29, 0.717) is 5.82 Å². The molecule has 2 aromatic rings. The molecule has 18 heavy (non-hydrogen) atoms. The Morgan fingerprint density at radius 1 is 1.33 bits per heavy atom. The standard InChI is InChI=1S/C11H12N4O2S/c1-6-3-14-10(18-6)7(2)15-9-5-12-8(4-13-9)11(16)17/h3-5,7H,1-2H3,(H,13,15)(H,16,17). The van der Waals surface area contributed by atoms with Crippen LogP contribution in [0, 0.1) is 6.92 Å². The molecule has 2 N–H and O–H groups in total. The zero-order valence-electron chi connectivity index (χ0n) is 9.91. The monoisotopic (exact) mass is 264 g/mol. The van der Waals surface area contributed by atoms with Gasteiger partial charge in [0.2, 0.25) is 0 Å². The molecule has 0 saturated carbocycles. The molecule has 0 saturated heterocycles. The lowest BCUT2D eigenvalue weighted by Crippen LogP contribution is -2.09. The first-order valence-corrected chi connectivity index (χ1v) is 6.12. The van der Waals surface area contributed by atoms with Crippen LogP contribution in [0.1, 0.15) is 33.3 Å². The molecule has 0 aliphatic heterocycles. The Labute approximate surface area is 108 Å². The van der Waals surface area contributed by atoms with Crippen LogP contribution in [0.25, 0.3) is 0 Å². The average molecular weight is 264 g/mol. The lowest BCUT2D eigenvalue weighted by Gasteiger charge is -2.11. The molecule has 1 atom stereocenters. The number of nitrogens with zero attached hydrogens (tertiary/aromatic N) is 3. The van der Waals surface area contributed by atoms with Gasteiger partial charge in [-0.1, -0.05) is 0 Å². The summed E-state index contributed by atoms with van der Waals surface area (Å²) >= 11 is 1.61. The van der Waals surface area contributed by atoms with Crippen molar-refractivity contribution in [3.8, 4) is 0 Å². The van der Waals surface area contributed by atoms with Crippen molar-refractivity contribution in [3.63, 3.8) is 0 Å². The number of aromatic nitrogens is 3. The summed E-state index contributed by atoms with van der Waals surface area (Å²) in [5, 5.41) is 12.8. The largest absolute Gasteiger partial charge is 0.476 e. The van der Waals surface area contributed by atoms with E-state index in [-0.39, 0.29) is 11.7 Å². The highest BCUT2D eigenvalue weighted by Gasteiger charge is 2.11. The third-order valence-electron chi connectivity index (χ3n) is 2.24. The summed E-state index contributed by atoms with van der Waals surface area (Å²) in [6.45, 7) is 3.96. The summed E-state index contributed by atoms with van der Waals surface area (Å²) in [6.07, 6.45) is 4.45. The van der Waals surface area contributed by atoms with Gasteiger partial charge in [-0.15, -0.1) is 11.3 Å². The van der Waals surface area contributed by atoms with Gasteiger partial charge in [-0.25, -0.2) is 19.7 Å². The lowest BCUT2D eigenvalue weighted by molar-refractivity contribution is 0.0690. The lowest BCUT2D eigenvalue weighted by atomic mass is 10.3. The van der Waals surface area contributed by atoms with Gasteiger partial charge in [0, 0.05) is 11.1 Å². The number of hydrogen-bond acceptors (Lipinski definition) is 6. The van der Waals surface area contributed by atoms with Gasteiger partial charge in [-0.3, -0.25) is 0 Å². The number of aromatic carboxylic acids is 1. The molecular formula is C11H12N4O2S. The van der Waals surface area contributed by atoms with Gasteiger partial charge in [0.05, 0.1) is 18.4 Å². The van der Waals surface area contributed by atoms with E-state index in [4.69, 9.17) is 5.11 Å². The van der Waals surface area contributed by atoms with Crippen molar-refractivity contribution in [2.45, 2.75) is 19.9 Å². The third-order valence-corrected chi connectivity index (χ3v) is 3.34. The highest BCUT2D eigenvalue weighted by molar-refractivity contribution is 7.11. The van der Waals surface area contributed by atoms with Crippen LogP contribution in [-0.4, -0.2) is 26.0 Å². The van der Waals surface area contributed by atoms with E-state index in [1.807, 2.05) is 20.0 Å². The van der Waals surface area contributed by atoms with E-state index >= 15 is 0 Å². The molecule has 0 bridgehead atoms. The van der Waals surface area contributed by atoms with E-state index in [2.05, 4.69) is 20.3 Å². The van der Waals surface area contributed by atoms with E-state index in [1.165, 1.54) is 12.4 Å². The van der Waals surface area contributed by atoms with Crippen LogP contribution in [0.5, 0.6) is 0 Å². The number of rotatable bonds is 4. The molecule has 0 radical (unpaired) electrons. The van der Waals surface area contributed by atoms with Crippen LogP contribution < -0.4 is 5.32 Å². The molecule has 7 heteroatoms. The molecular weight excluding hydrogens is 252 g/mol. The van der Waals surface area contributed by atoms with Gasteiger partial charge in [0.15, 0.2) is 5.69 Å². The Morgan fingerprint density at radius 3 is 2.61 bits per heavy atom. The number of anilines is 1. The molecule has 0 spiro atoms. The Hall–Kier alpha value is -2.02. The van der Waals surface area contributed by atoms with Gasteiger partial charge in [-0.05, 0) is 13.8 Å². The zero-order valence-corrected chi connectivity index (χ0v) is 10.7. The second kappa shape index (κ2) is 5.09. The first kappa shape index (κ1) is 12.4. The Morgan fingerprint density at radius 2 is 2.11 bits per heavy atom. The fourth-order valence-electron chi connectivity index (χ4n) is 1.37. The highest BCUT2D eigenvalue weighted by Crippen LogP contribution is 2.21. The summed E-state index contributed by atoms with van der Waals surface area (Å²) in [5.41, 5.74) is -0.0710. The average Bonchev–Trinajstić information content (AvgIpc) is 2.76. The van der Waals surface area contributed by atoms with Crippen LogP contribution in [0.3, 0.4) is 0 Å². The minimum Gasteiger partial charge on any atom is -0.476 e. The third kappa shape index (κ3) is 2.80. The summed E-state index contributed by atoms with van der Waals surface area (Å²) in [4.78, 5) is 23.8. The minimum absolute atomic E-state index is 0.00804. The fraction of sp³-hybridized carbons (Fsp3) is 0.273. The van der Waals surface area contributed by atoms with Gasteiger partial charge >= 0.3 is 5.97 Å². The first-order chi connectivity index (χ1) is 8.56. The Bertz CT molecular complexity index is 552. The Balaban J connectivity index is 2.07. The quantitative estimate of drug-likeness (QED) is 0.879. The predicted molar refractivity (Wildman–Crippen MR) is 67.9 cm³/mol. The highest BCUT2D eigenvalue weighted by atomic mass is 32.1. The van der Waals surface area contributed by atoms with Crippen molar-refractivity contribution in [1.82, 2.24) is 15.0 Å². The van der Waals surface area contributed by atoms with Crippen LogP contribution >= 0.6 is 11.3 Å². The maximum Gasteiger partial charge on any atom is 0.356 e. The van der Waals surface area contributed by atoms with Crippen LogP contribution in [0.4, 0.5) is 5.82 Å². The van der Waals surface area contributed by atoms with Crippen molar-refractivity contribution in [2.75, 3.05) is 5.32 Å². The number of carboxylic acid groups (broad SMARTS) is 1. The maximum absolute atomic E-state index is 10.6. The van der Waals surface area contributed by atoms with Gasteiger partial charge in [-0.2, -0.15) is 0 Å². The smallest absolute Gasteiger partial charge is 0.356 e. The SMILES string of the molecule is Cc1cnc(C(C)Nc2cnc(C(=O)O)cn2)s1. The summed E-state index contributed by atoms with van der Waals surface area (Å²) in [5.74, 6) is -0.557. The molecule has 6 nitrogen and oxygen atoms in total. The molecule has 2 rings (SSSR count). The topological polar surface area (TPSA) is 88.0 Å². The second-order valence-corrected chi connectivity index (χ2v) is 5.03. The maximum atomic E-state index is 10.6. The molecule has 0 fully saturated rings. The normalized spacial score (nSPS) is 12.1. The second-order valence-electron chi connectivity index (χ2n) is 3.77. The summed E-state index contributed by atoms with van der Waals surface area (Å²) in [7, 11) is 0. The number of aryl methyl sites for hydroxylation is 1. The van der Waals surface area contributed by atoms with Crippen LogP contribution in [0.15, 0.2) is 18.6 Å². The molecule has 2 aromatic heterocycles. The van der Waals surface area contributed by atoms with Crippen molar-refractivity contribution >= 4 is 23.1 Å². The molecule has 1 unspecified atom stereocenters. The number of thiazole rings is 1. The van der Waals surface area contributed by atoms with Crippen molar-refractivity contribution in [2.24, 2.45) is 0 Å². The fourth-order valence-corrected chi connectivity index (χ4v) is 2.15. The molecule has 0 aliphatic carbocycles. The molecule has 0 aliphatic rings. The molecule has 0 amide bonds. The van der Waals surface area contributed by atoms with Gasteiger partial charge in [0.25, 0.3) is 0 Å². The molecule has 0 aromatic carbocycles. The van der Waals surface area contributed by atoms with Crippen LogP contribution in [0.2, 0.25) is 0 Å². The van der Waals surface area contributed by atoms with Crippen LogP contribution in [-0.2, 0) is 0 Å². The number of hydrogen-bond donors (Lipinski definition) is 2. The zero-order chi connectivity index (χ0) is 13.1. The van der Waals surface area contributed by atoms with Gasteiger partial charge < -0.3 is 10.4 Å². The number of carboxylic acids is 1. The summed E-state index contributed by atoms with van der Waals surface area (Å²) in [6, 6.07) is 0.00804. The van der Waals surface area contributed by atoms with E-state index in [9.17, 15) is 4.79 Å². The minimum atomic E-state index is -1.09. The Kier molecular flexibility index (Phi) is 3.52. The number of carbonyl (C=O) groups is 1. The molecule has 2 heterocycles. The van der Waals surface area contributed by atoms with Crippen molar-refractivity contribution < 1.29 is 9.90 Å². The van der Waals surface area contributed by atoms with Crippen molar-refractivity contribution in [1.29, 1.82) is 0 Å². The van der Waals surface area contributed by atoms with E-state index < -0.39 is 5.97 Å².